The molecule has 150 valence electrons. The number of benzene rings is 2. The molecule has 0 aliphatic rings. The van der Waals surface area contributed by atoms with Gasteiger partial charge in [-0.25, -0.2) is 8.42 Å². The van der Waals surface area contributed by atoms with Crippen molar-refractivity contribution < 1.29 is 18.0 Å². The highest BCUT2D eigenvalue weighted by Gasteiger charge is 2.31. The Labute approximate surface area is 165 Å². The smallest absolute Gasteiger partial charge is 0.248 e. The van der Waals surface area contributed by atoms with Crippen molar-refractivity contribution in [2.24, 2.45) is 0 Å². The number of amides is 2. The molecule has 0 spiro atoms. The Balaban J connectivity index is 2.26. The molecule has 0 saturated heterocycles. The van der Waals surface area contributed by atoms with Crippen LogP contribution in [0.1, 0.15) is 25.8 Å². The van der Waals surface area contributed by atoms with Crippen molar-refractivity contribution in [3.05, 3.63) is 54.1 Å². The minimum Gasteiger partial charge on any atom is -0.326 e. The largest absolute Gasteiger partial charge is 0.326 e. The third kappa shape index (κ3) is 5.56. The molecule has 0 aliphatic heterocycles. The minimum atomic E-state index is -3.67. The van der Waals surface area contributed by atoms with Crippen LogP contribution < -0.4 is 14.9 Å². The molecular weight excluding hydrogens is 378 g/mol. The third-order valence-corrected chi connectivity index (χ3v) is 5.27. The highest BCUT2D eigenvalue weighted by molar-refractivity contribution is 7.92. The second kappa shape index (κ2) is 8.88. The second-order valence-electron chi connectivity index (χ2n) is 6.57. The van der Waals surface area contributed by atoms with E-state index in [1.165, 1.54) is 6.92 Å². The van der Waals surface area contributed by atoms with Gasteiger partial charge in [0.2, 0.25) is 21.8 Å². The van der Waals surface area contributed by atoms with Gasteiger partial charge in [0.15, 0.2) is 0 Å². The van der Waals surface area contributed by atoms with Gasteiger partial charge in [0.25, 0.3) is 0 Å². The van der Waals surface area contributed by atoms with Crippen LogP contribution in [0, 0.1) is 6.92 Å². The maximum absolute atomic E-state index is 12.8. The van der Waals surface area contributed by atoms with Crippen molar-refractivity contribution in [3.63, 3.8) is 0 Å². The molecule has 2 aromatic carbocycles. The Bertz CT molecular complexity index is 938. The Morgan fingerprint density at radius 2 is 1.46 bits per heavy atom. The summed E-state index contributed by atoms with van der Waals surface area (Å²) in [6, 6.07) is 12.7. The topological polar surface area (TPSA) is 95.6 Å². The maximum atomic E-state index is 12.8. The molecule has 2 aromatic rings. The van der Waals surface area contributed by atoms with Crippen LogP contribution in [-0.2, 0) is 19.6 Å². The van der Waals surface area contributed by atoms with E-state index < -0.39 is 22.0 Å². The number of anilines is 3. The number of carbonyl (C=O) groups excluding carboxylic acids is 2. The van der Waals surface area contributed by atoms with Crippen LogP contribution in [0.15, 0.2) is 48.5 Å². The van der Waals surface area contributed by atoms with Crippen molar-refractivity contribution in [2.75, 3.05) is 21.2 Å². The summed E-state index contributed by atoms with van der Waals surface area (Å²) in [7, 11) is -3.67. The van der Waals surface area contributed by atoms with E-state index in [2.05, 4.69) is 10.6 Å². The van der Waals surface area contributed by atoms with Gasteiger partial charge < -0.3 is 10.6 Å². The summed E-state index contributed by atoms with van der Waals surface area (Å²) in [5, 5.41) is 5.39. The lowest BCUT2D eigenvalue weighted by molar-refractivity contribution is -0.117. The Kier molecular flexibility index (Phi) is 6.80. The molecule has 1 unspecified atom stereocenters. The number of hydrogen-bond acceptors (Lipinski definition) is 4. The molecule has 8 heteroatoms. The van der Waals surface area contributed by atoms with Gasteiger partial charge in [-0.1, -0.05) is 24.6 Å². The van der Waals surface area contributed by atoms with Gasteiger partial charge in [0, 0.05) is 18.3 Å². The lowest BCUT2D eigenvalue weighted by Crippen LogP contribution is -2.47. The van der Waals surface area contributed by atoms with Gasteiger partial charge in [-0.3, -0.25) is 13.9 Å². The number of nitrogens with zero attached hydrogens (tertiary/aromatic N) is 1. The van der Waals surface area contributed by atoms with Crippen LogP contribution in [0.4, 0.5) is 17.1 Å². The van der Waals surface area contributed by atoms with E-state index in [0.717, 1.165) is 16.1 Å². The monoisotopic (exact) mass is 403 g/mol. The number of sulfonamides is 1. The quantitative estimate of drug-likeness (QED) is 0.742. The first-order chi connectivity index (χ1) is 13.1. The summed E-state index contributed by atoms with van der Waals surface area (Å²) in [6.45, 7) is 5.08. The lowest BCUT2D eigenvalue weighted by Gasteiger charge is -2.30. The molecule has 0 radical (unpaired) electrons. The fraction of sp³-hybridized carbons (Fsp3) is 0.300. The summed E-state index contributed by atoms with van der Waals surface area (Å²) in [6.07, 6.45) is 1.39. The van der Waals surface area contributed by atoms with E-state index in [-0.39, 0.29) is 5.91 Å². The molecule has 1 atom stereocenters. The first-order valence-corrected chi connectivity index (χ1v) is 10.7. The molecule has 2 rings (SSSR count). The van der Waals surface area contributed by atoms with E-state index in [4.69, 9.17) is 0 Å². The second-order valence-corrected chi connectivity index (χ2v) is 8.43. The first kappa shape index (κ1) is 21.4. The van der Waals surface area contributed by atoms with Crippen LogP contribution in [0.25, 0.3) is 0 Å². The molecule has 0 saturated carbocycles. The van der Waals surface area contributed by atoms with Gasteiger partial charge in [-0.2, -0.15) is 0 Å². The standard InChI is InChI=1S/C20H25N3O4S/c1-5-19(23(28(4,26)27)18-12-6-14(2)7-13-18)20(25)22-17-10-8-16(9-11-17)21-15(3)24/h6-13,19H,5H2,1-4H3,(H,21,24)(H,22,25). The lowest BCUT2D eigenvalue weighted by atomic mass is 10.1. The van der Waals surface area contributed by atoms with Crippen molar-refractivity contribution in [2.45, 2.75) is 33.2 Å². The summed E-state index contributed by atoms with van der Waals surface area (Å²) in [4.78, 5) is 23.9. The SMILES string of the molecule is CCC(C(=O)Nc1ccc(NC(C)=O)cc1)N(c1ccc(C)cc1)S(C)(=O)=O. The molecule has 0 aliphatic carbocycles. The molecular formula is C20H25N3O4S. The molecule has 0 bridgehead atoms. The van der Waals surface area contributed by atoms with E-state index in [1.807, 2.05) is 6.92 Å². The predicted octanol–water partition coefficient (Wildman–Crippen LogP) is 3.14. The van der Waals surface area contributed by atoms with Crippen LogP contribution in [0.3, 0.4) is 0 Å². The van der Waals surface area contributed by atoms with Crippen molar-refractivity contribution >= 4 is 38.9 Å². The van der Waals surface area contributed by atoms with Gasteiger partial charge >= 0.3 is 0 Å². The van der Waals surface area contributed by atoms with Crippen LogP contribution >= 0.6 is 0 Å². The number of nitrogens with one attached hydrogen (secondary N) is 2. The molecule has 7 nitrogen and oxygen atoms in total. The Hall–Kier alpha value is -2.87. The number of aryl methyl sites for hydroxylation is 1. The molecule has 0 heterocycles. The van der Waals surface area contributed by atoms with Crippen LogP contribution in [-0.4, -0.2) is 32.5 Å². The van der Waals surface area contributed by atoms with Crippen LogP contribution in [0.5, 0.6) is 0 Å². The zero-order valence-corrected chi connectivity index (χ0v) is 17.2. The zero-order valence-electron chi connectivity index (χ0n) is 16.4. The summed E-state index contributed by atoms with van der Waals surface area (Å²) in [5.74, 6) is -0.620. The van der Waals surface area contributed by atoms with Gasteiger partial charge in [-0.05, 0) is 49.7 Å². The average molecular weight is 404 g/mol. The summed E-state index contributed by atoms with van der Waals surface area (Å²) < 4.78 is 26.0. The van der Waals surface area contributed by atoms with E-state index in [1.54, 1.807) is 55.5 Å². The van der Waals surface area contributed by atoms with E-state index >= 15 is 0 Å². The highest BCUT2D eigenvalue weighted by Crippen LogP contribution is 2.24. The predicted molar refractivity (Wildman–Crippen MR) is 112 cm³/mol. The van der Waals surface area contributed by atoms with Gasteiger partial charge in [0.1, 0.15) is 6.04 Å². The van der Waals surface area contributed by atoms with Crippen LogP contribution in [0.2, 0.25) is 0 Å². The first-order valence-electron chi connectivity index (χ1n) is 8.86. The summed E-state index contributed by atoms with van der Waals surface area (Å²) >= 11 is 0. The van der Waals surface area contributed by atoms with Crippen molar-refractivity contribution in [1.29, 1.82) is 0 Å². The summed E-state index contributed by atoms with van der Waals surface area (Å²) in [5.41, 5.74) is 2.55. The van der Waals surface area contributed by atoms with Gasteiger partial charge in [-0.15, -0.1) is 0 Å². The molecule has 28 heavy (non-hydrogen) atoms. The number of rotatable bonds is 7. The number of hydrogen-bond donors (Lipinski definition) is 2. The van der Waals surface area contributed by atoms with E-state index in [9.17, 15) is 18.0 Å². The van der Waals surface area contributed by atoms with E-state index in [0.29, 0.717) is 23.5 Å². The number of carbonyl (C=O) groups is 2. The Morgan fingerprint density at radius 3 is 1.89 bits per heavy atom. The highest BCUT2D eigenvalue weighted by atomic mass is 32.2. The molecule has 0 aromatic heterocycles. The van der Waals surface area contributed by atoms with Crippen molar-refractivity contribution in [3.8, 4) is 0 Å². The Morgan fingerprint density at radius 1 is 0.964 bits per heavy atom. The van der Waals surface area contributed by atoms with Crippen molar-refractivity contribution in [1.82, 2.24) is 0 Å². The third-order valence-electron chi connectivity index (χ3n) is 4.09. The zero-order chi connectivity index (χ0) is 20.9. The molecule has 2 N–H and O–H groups in total. The molecule has 0 fully saturated rings. The fourth-order valence-electron chi connectivity index (χ4n) is 2.82. The van der Waals surface area contributed by atoms with Gasteiger partial charge in [0.05, 0.1) is 11.9 Å². The minimum absolute atomic E-state index is 0.190. The fourth-order valence-corrected chi connectivity index (χ4v) is 4.03. The molecule has 2 amide bonds. The average Bonchev–Trinajstić information content (AvgIpc) is 2.60. The normalized spacial score (nSPS) is 12.1. The maximum Gasteiger partial charge on any atom is 0.248 e.